The summed E-state index contributed by atoms with van der Waals surface area (Å²) in [5, 5.41) is 2.22. The van der Waals surface area contributed by atoms with Crippen LogP contribution < -0.4 is 5.73 Å². The first-order valence-corrected chi connectivity index (χ1v) is 7.79. The van der Waals surface area contributed by atoms with Crippen molar-refractivity contribution in [2.24, 2.45) is 11.7 Å². The molecule has 2 aliphatic rings. The van der Waals surface area contributed by atoms with Crippen molar-refractivity contribution in [2.75, 3.05) is 26.3 Å². The number of thiophene rings is 1. The normalized spacial score (nSPS) is 30.3. The number of fused-ring (bicyclic) bond motifs is 1. The first-order valence-electron chi connectivity index (χ1n) is 6.91. The molecule has 0 saturated carbocycles. The van der Waals surface area contributed by atoms with Gasteiger partial charge in [0.1, 0.15) is 0 Å². The lowest BCUT2D eigenvalue weighted by Crippen LogP contribution is -2.49. The Morgan fingerprint density at radius 2 is 2.50 bits per heavy atom. The smallest absolute Gasteiger partial charge is 0.0510 e. The molecule has 0 aromatic carbocycles. The summed E-state index contributed by atoms with van der Waals surface area (Å²) >= 11 is 1.90. The molecule has 2 aliphatic heterocycles. The largest absolute Gasteiger partial charge is 0.381 e. The Labute approximate surface area is 113 Å². The van der Waals surface area contributed by atoms with Crippen molar-refractivity contribution in [3.8, 4) is 0 Å². The van der Waals surface area contributed by atoms with Gasteiger partial charge in [-0.3, -0.25) is 4.90 Å². The molecule has 3 nitrogen and oxygen atoms in total. The zero-order valence-corrected chi connectivity index (χ0v) is 11.8. The number of hydrogen-bond acceptors (Lipinski definition) is 4. The summed E-state index contributed by atoms with van der Waals surface area (Å²) < 4.78 is 5.54. The second-order valence-electron chi connectivity index (χ2n) is 5.39. The van der Waals surface area contributed by atoms with Gasteiger partial charge in [0.05, 0.1) is 6.61 Å². The van der Waals surface area contributed by atoms with Crippen LogP contribution >= 0.6 is 11.3 Å². The van der Waals surface area contributed by atoms with E-state index >= 15 is 0 Å². The molecule has 0 aliphatic carbocycles. The Morgan fingerprint density at radius 3 is 3.22 bits per heavy atom. The fourth-order valence-electron chi connectivity index (χ4n) is 3.44. The van der Waals surface area contributed by atoms with Crippen molar-refractivity contribution in [1.82, 2.24) is 4.90 Å². The van der Waals surface area contributed by atoms with Gasteiger partial charge in [0.2, 0.25) is 0 Å². The molecule has 18 heavy (non-hydrogen) atoms. The van der Waals surface area contributed by atoms with Crippen LogP contribution in [0.3, 0.4) is 0 Å². The zero-order chi connectivity index (χ0) is 12.5. The maximum Gasteiger partial charge on any atom is 0.0510 e. The van der Waals surface area contributed by atoms with Crippen LogP contribution in [0.15, 0.2) is 11.4 Å². The quantitative estimate of drug-likeness (QED) is 0.910. The monoisotopic (exact) mass is 266 g/mol. The first-order chi connectivity index (χ1) is 8.81. The van der Waals surface area contributed by atoms with Crippen molar-refractivity contribution < 1.29 is 4.74 Å². The molecular weight excluding hydrogens is 244 g/mol. The highest BCUT2D eigenvalue weighted by atomic mass is 32.1. The molecule has 3 unspecified atom stereocenters. The molecule has 1 aromatic rings. The molecule has 3 rings (SSSR count). The number of ether oxygens (including phenoxy) is 1. The van der Waals surface area contributed by atoms with E-state index in [1.165, 1.54) is 18.4 Å². The molecule has 3 atom stereocenters. The van der Waals surface area contributed by atoms with Gasteiger partial charge in [-0.25, -0.2) is 0 Å². The molecule has 1 fully saturated rings. The third kappa shape index (κ3) is 2.11. The number of nitrogens with two attached hydrogens (primary N) is 1. The molecule has 3 heterocycles. The van der Waals surface area contributed by atoms with Gasteiger partial charge >= 0.3 is 0 Å². The van der Waals surface area contributed by atoms with E-state index in [1.54, 1.807) is 4.88 Å². The lowest BCUT2D eigenvalue weighted by Gasteiger charge is -2.41. The summed E-state index contributed by atoms with van der Waals surface area (Å²) in [5.41, 5.74) is 7.56. The zero-order valence-electron chi connectivity index (χ0n) is 11.0. The summed E-state index contributed by atoms with van der Waals surface area (Å²) in [5.74, 6) is 0.623. The summed E-state index contributed by atoms with van der Waals surface area (Å²) in [7, 11) is 0. The third-order valence-corrected chi connectivity index (χ3v) is 5.50. The van der Waals surface area contributed by atoms with Gasteiger partial charge in [-0.05, 0) is 36.8 Å². The summed E-state index contributed by atoms with van der Waals surface area (Å²) in [6.45, 7) is 6.02. The van der Waals surface area contributed by atoms with Crippen molar-refractivity contribution in [3.05, 3.63) is 21.9 Å². The van der Waals surface area contributed by atoms with Gasteiger partial charge in [0, 0.05) is 42.6 Å². The number of nitrogens with zero attached hydrogens (tertiary/aromatic N) is 1. The van der Waals surface area contributed by atoms with Crippen molar-refractivity contribution >= 4 is 11.3 Å². The number of rotatable bonds is 3. The Hall–Kier alpha value is -0.420. The van der Waals surface area contributed by atoms with Gasteiger partial charge in [-0.1, -0.05) is 0 Å². The SMILES string of the molecule is CC1c2ccsc2CCN1C(CN)C1CCOC1. The van der Waals surface area contributed by atoms with Crippen LogP contribution in [-0.4, -0.2) is 37.2 Å². The Balaban J connectivity index is 1.79. The highest BCUT2D eigenvalue weighted by Crippen LogP contribution is 2.36. The van der Waals surface area contributed by atoms with E-state index in [2.05, 4.69) is 23.3 Å². The molecule has 100 valence electrons. The first kappa shape index (κ1) is 12.6. The molecule has 0 spiro atoms. The molecule has 0 bridgehead atoms. The minimum Gasteiger partial charge on any atom is -0.381 e. The molecule has 1 aromatic heterocycles. The maximum atomic E-state index is 6.05. The standard InChI is InChI=1S/C14H22N2OS/c1-10-12-4-7-18-14(12)2-5-16(10)13(8-15)11-3-6-17-9-11/h4,7,10-11,13H,2-3,5-6,8-9,15H2,1H3. The molecular formula is C14H22N2OS. The molecule has 4 heteroatoms. The Kier molecular flexibility index (Phi) is 3.71. The predicted octanol–water partition coefficient (Wildman–Crippen LogP) is 2.03. The van der Waals surface area contributed by atoms with Crippen LogP contribution in [0.4, 0.5) is 0 Å². The highest BCUT2D eigenvalue weighted by Gasteiger charge is 2.35. The van der Waals surface area contributed by atoms with Crippen LogP contribution in [0.25, 0.3) is 0 Å². The van der Waals surface area contributed by atoms with Gasteiger partial charge in [0.25, 0.3) is 0 Å². The Morgan fingerprint density at radius 1 is 1.61 bits per heavy atom. The van der Waals surface area contributed by atoms with E-state index in [0.717, 1.165) is 26.3 Å². The number of hydrogen-bond donors (Lipinski definition) is 1. The van der Waals surface area contributed by atoms with Gasteiger partial charge < -0.3 is 10.5 Å². The van der Waals surface area contributed by atoms with Gasteiger partial charge in [0.15, 0.2) is 0 Å². The average molecular weight is 266 g/mol. The average Bonchev–Trinajstić information content (AvgIpc) is 3.03. The van der Waals surface area contributed by atoms with Crippen LogP contribution in [0, 0.1) is 5.92 Å². The molecule has 1 saturated heterocycles. The van der Waals surface area contributed by atoms with E-state index in [0.29, 0.717) is 18.0 Å². The second-order valence-corrected chi connectivity index (χ2v) is 6.39. The van der Waals surface area contributed by atoms with E-state index in [4.69, 9.17) is 10.5 Å². The lowest BCUT2D eigenvalue weighted by molar-refractivity contribution is 0.0851. The van der Waals surface area contributed by atoms with Crippen molar-refractivity contribution in [2.45, 2.75) is 31.8 Å². The van der Waals surface area contributed by atoms with E-state index in [1.807, 2.05) is 11.3 Å². The van der Waals surface area contributed by atoms with E-state index < -0.39 is 0 Å². The molecule has 0 radical (unpaired) electrons. The van der Waals surface area contributed by atoms with Crippen LogP contribution in [0.5, 0.6) is 0 Å². The molecule has 2 N–H and O–H groups in total. The fraction of sp³-hybridized carbons (Fsp3) is 0.714. The summed E-state index contributed by atoms with van der Waals surface area (Å²) in [6, 6.07) is 3.28. The van der Waals surface area contributed by atoms with Crippen LogP contribution in [0.2, 0.25) is 0 Å². The van der Waals surface area contributed by atoms with Crippen LogP contribution in [0.1, 0.15) is 29.8 Å². The van der Waals surface area contributed by atoms with Crippen molar-refractivity contribution in [1.29, 1.82) is 0 Å². The predicted molar refractivity (Wildman–Crippen MR) is 74.9 cm³/mol. The summed E-state index contributed by atoms with van der Waals surface area (Å²) in [6.07, 6.45) is 2.35. The Bertz CT molecular complexity index is 400. The van der Waals surface area contributed by atoms with Crippen LogP contribution in [-0.2, 0) is 11.2 Å². The molecule has 0 amide bonds. The minimum absolute atomic E-state index is 0.482. The maximum absolute atomic E-state index is 6.05. The fourth-order valence-corrected chi connectivity index (χ4v) is 4.40. The second kappa shape index (κ2) is 5.29. The topological polar surface area (TPSA) is 38.5 Å². The lowest BCUT2D eigenvalue weighted by atomic mass is 9.92. The van der Waals surface area contributed by atoms with Gasteiger partial charge in [-0.2, -0.15) is 0 Å². The van der Waals surface area contributed by atoms with Crippen molar-refractivity contribution in [3.63, 3.8) is 0 Å². The highest BCUT2D eigenvalue weighted by molar-refractivity contribution is 7.10. The van der Waals surface area contributed by atoms with E-state index in [-0.39, 0.29) is 0 Å². The minimum atomic E-state index is 0.482. The summed E-state index contributed by atoms with van der Waals surface area (Å²) in [4.78, 5) is 4.17. The third-order valence-electron chi connectivity index (χ3n) is 4.50. The van der Waals surface area contributed by atoms with E-state index in [9.17, 15) is 0 Å². The van der Waals surface area contributed by atoms with Gasteiger partial charge in [-0.15, -0.1) is 11.3 Å².